The van der Waals surface area contributed by atoms with Crippen molar-refractivity contribution in [2.24, 2.45) is 0 Å². The Morgan fingerprint density at radius 2 is 2.00 bits per heavy atom. The van der Waals surface area contributed by atoms with E-state index in [4.69, 9.17) is 0 Å². The van der Waals surface area contributed by atoms with Crippen LogP contribution < -0.4 is 0 Å². The number of hydrogen-bond acceptors (Lipinski definition) is 2. The lowest BCUT2D eigenvalue weighted by molar-refractivity contribution is 0.0946. The molecule has 0 radical (unpaired) electrons. The monoisotopic (exact) mass is 241 g/mol. The van der Waals surface area contributed by atoms with E-state index in [0.29, 0.717) is 0 Å². The summed E-state index contributed by atoms with van der Waals surface area (Å²) < 4.78 is 3.59. The fraction of sp³-hybridized carbons (Fsp3) is 0.286. The summed E-state index contributed by atoms with van der Waals surface area (Å²) >= 11 is 0. The van der Waals surface area contributed by atoms with Gasteiger partial charge in [-0.15, -0.1) is 0 Å². The summed E-state index contributed by atoms with van der Waals surface area (Å²) in [6, 6.07) is 9.85. The first-order valence-electron chi connectivity index (χ1n) is 6.21. The van der Waals surface area contributed by atoms with Gasteiger partial charge in [-0.2, -0.15) is 5.10 Å². The highest BCUT2D eigenvalue weighted by atomic mass is 16.1. The molecule has 0 saturated carbocycles. The van der Waals surface area contributed by atoms with Gasteiger partial charge >= 0.3 is 0 Å². The van der Waals surface area contributed by atoms with Crippen molar-refractivity contribution in [3.05, 3.63) is 36.0 Å². The van der Waals surface area contributed by atoms with Crippen LogP contribution in [0.2, 0.25) is 0 Å². The Balaban J connectivity index is 2.40. The van der Waals surface area contributed by atoms with Gasteiger partial charge in [0.1, 0.15) is 5.65 Å². The zero-order chi connectivity index (χ0) is 12.7. The zero-order valence-electron chi connectivity index (χ0n) is 10.6. The average molecular weight is 241 g/mol. The minimum Gasteiger partial charge on any atom is -0.274 e. The fourth-order valence-corrected chi connectivity index (χ4v) is 2.42. The van der Waals surface area contributed by atoms with Crippen LogP contribution in [0.1, 0.15) is 30.8 Å². The van der Waals surface area contributed by atoms with Crippen LogP contribution in [-0.4, -0.2) is 20.1 Å². The largest absolute Gasteiger partial charge is 0.274 e. The van der Waals surface area contributed by atoms with E-state index in [0.717, 1.165) is 35.2 Å². The molecule has 0 N–H and O–H groups in total. The third-order valence-electron chi connectivity index (χ3n) is 3.14. The van der Waals surface area contributed by atoms with Crippen LogP contribution >= 0.6 is 0 Å². The molecule has 0 aliphatic rings. The van der Waals surface area contributed by atoms with Crippen LogP contribution in [-0.2, 0) is 6.42 Å². The molecular formula is C14H15N3O. The molecule has 3 aromatic rings. The van der Waals surface area contributed by atoms with Gasteiger partial charge in [-0.25, -0.2) is 4.52 Å². The molecule has 0 saturated heterocycles. The van der Waals surface area contributed by atoms with Crippen molar-refractivity contribution in [2.75, 3.05) is 0 Å². The number of rotatable bonds is 2. The molecule has 0 bridgehead atoms. The van der Waals surface area contributed by atoms with Gasteiger partial charge in [-0.1, -0.05) is 25.5 Å². The lowest BCUT2D eigenvalue weighted by atomic mass is 10.2. The standard InChI is InChI=1S/C14H15N3O/c1-3-6-11-9-14-16(10(2)18)12-7-4-5-8-13(12)17(14)15-11/h4-5,7-9H,3,6H2,1-2H3. The smallest absolute Gasteiger partial charge is 0.229 e. The number of aryl methyl sites for hydroxylation is 1. The Bertz CT molecular complexity index is 736. The van der Waals surface area contributed by atoms with Crippen molar-refractivity contribution in [1.82, 2.24) is 14.2 Å². The number of carbonyl (C=O) groups excluding carboxylic acids is 1. The average Bonchev–Trinajstić information content (AvgIpc) is 2.85. The van der Waals surface area contributed by atoms with Crippen LogP contribution in [0.15, 0.2) is 30.3 Å². The number of hydrogen-bond donors (Lipinski definition) is 0. The summed E-state index contributed by atoms with van der Waals surface area (Å²) in [6.45, 7) is 3.71. The van der Waals surface area contributed by atoms with Crippen LogP contribution in [0.3, 0.4) is 0 Å². The number of nitrogens with zero attached hydrogens (tertiary/aromatic N) is 3. The molecule has 1 aromatic carbocycles. The summed E-state index contributed by atoms with van der Waals surface area (Å²) in [7, 11) is 0. The summed E-state index contributed by atoms with van der Waals surface area (Å²) in [5.74, 6) is 0.0177. The van der Waals surface area contributed by atoms with Crippen LogP contribution in [0.4, 0.5) is 0 Å². The van der Waals surface area contributed by atoms with Crippen molar-refractivity contribution >= 4 is 22.6 Å². The van der Waals surface area contributed by atoms with Crippen molar-refractivity contribution in [2.45, 2.75) is 26.7 Å². The molecule has 4 nitrogen and oxygen atoms in total. The Kier molecular flexibility index (Phi) is 2.44. The first-order chi connectivity index (χ1) is 8.72. The third-order valence-corrected chi connectivity index (χ3v) is 3.14. The van der Waals surface area contributed by atoms with E-state index in [1.54, 1.807) is 11.5 Å². The topological polar surface area (TPSA) is 39.3 Å². The second-order valence-electron chi connectivity index (χ2n) is 4.50. The first kappa shape index (κ1) is 11.0. The van der Waals surface area contributed by atoms with Crippen molar-refractivity contribution in [3.8, 4) is 0 Å². The SMILES string of the molecule is CCCc1cc2n(C(C)=O)c3ccccc3n2n1. The van der Waals surface area contributed by atoms with E-state index >= 15 is 0 Å². The van der Waals surface area contributed by atoms with E-state index in [2.05, 4.69) is 12.0 Å². The maximum atomic E-state index is 11.8. The molecule has 0 atom stereocenters. The summed E-state index contributed by atoms with van der Waals surface area (Å²) in [6.07, 6.45) is 1.99. The highest BCUT2D eigenvalue weighted by molar-refractivity contribution is 5.94. The quantitative estimate of drug-likeness (QED) is 0.692. The lowest BCUT2D eigenvalue weighted by Gasteiger charge is -1.98. The maximum absolute atomic E-state index is 11.8. The number of para-hydroxylation sites is 2. The van der Waals surface area contributed by atoms with E-state index < -0.39 is 0 Å². The highest BCUT2D eigenvalue weighted by Crippen LogP contribution is 2.21. The van der Waals surface area contributed by atoms with Gasteiger partial charge in [0, 0.05) is 13.0 Å². The van der Waals surface area contributed by atoms with E-state index in [1.165, 1.54) is 0 Å². The molecule has 18 heavy (non-hydrogen) atoms. The second-order valence-corrected chi connectivity index (χ2v) is 4.50. The first-order valence-corrected chi connectivity index (χ1v) is 6.21. The Morgan fingerprint density at radius 3 is 2.67 bits per heavy atom. The Hall–Kier alpha value is -2.10. The van der Waals surface area contributed by atoms with Crippen LogP contribution in [0, 0.1) is 0 Å². The van der Waals surface area contributed by atoms with Gasteiger partial charge in [0.2, 0.25) is 5.91 Å². The normalized spacial score (nSPS) is 11.4. The number of imidazole rings is 1. The lowest BCUT2D eigenvalue weighted by Crippen LogP contribution is -2.04. The third kappa shape index (κ3) is 1.45. The minimum atomic E-state index is 0.0177. The molecule has 0 spiro atoms. The van der Waals surface area contributed by atoms with Gasteiger partial charge in [0.05, 0.1) is 16.7 Å². The van der Waals surface area contributed by atoms with Gasteiger partial charge in [0.25, 0.3) is 0 Å². The molecule has 0 aliphatic carbocycles. The van der Waals surface area contributed by atoms with Crippen molar-refractivity contribution in [3.63, 3.8) is 0 Å². The summed E-state index contributed by atoms with van der Waals surface area (Å²) in [5.41, 5.74) is 3.78. The van der Waals surface area contributed by atoms with Crippen molar-refractivity contribution in [1.29, 1.82) is 0 Å². The van der Waals surface area contributed by atoms with Gasteiger partial charge in [-0.3, -0.25) is 9.36 Å². The van der Waals surface area contributed by atoms with E-state index in [1.807, 2.05) is 34.8 Å². The molecule has 0 fully saturated rings. The Morgan fingerprint density at radius 1 is 1.28 bits per heavy atom. The molecule has 2 aromatic heterocycles. The summed E-state index contributed by atoms with van der Waals surface area (Å²) in [5, 5.41) is 4.58. The molecule has 4 heteroatoms. The minimum absolute atomic E-state index is 0.0177. The molecular weight excluding hydrogens is 226 g/mol. The van der Waals surface area contributed by atoms with Gasteiger partial charge < -0.3 is 0 Å². The number of fused-ring (bicyclic) bond motifs is 3. The Labute approximate surface area is 105 Å². The zero-order valence-corrected chi connectivity index (χ0v) is 10.6. The predicted octanol–water partition coefficient (Wildman–Crippen LogP) is 2.90. The molecule has 0 unspecified atom stereocenters. The molecule has 0 amide bonds. The molecule has 3 rings (SSSR count). The van der Waals surface area contributed by atoms with Gasteiger partial charge in [-0.05, 0) is 18.6 Å². The van der Waals surface area contributed by atoms with Crippen LogP contribution in [0.25, 0.3) is 16.7 Å². The fourth-order valence-electron chi connectivity index (χ4n) is 2.42. The van der Waals surface area contributed by atoms with E-state index in [9.17, 15) is 4.79 Å². The van der Waals surface area contributed by atoms with E-state index in [-0.39, 0.29) is 5.91 Å². The number of aromatic nitrogens is 3. The van der Waals surface area contributed by atoms with Crippen molar-refractivity contribution < 1.29 is 4.79 Å². The molecule has 0 aliphatic heterocycles. The van der Waals surface area contributed by atoms with Crippen LogP contribution in [0.5, 0.6) is 0 Å². The number of benzene rings is 1. The number of carbonyl (C=O) groups is 1. The second kappa shape index (κ2) is 3.98. The summed E-state index contributed by atoms with van der Waals surface area (Å²) in [4.78, 5) is 11.8. The molecule has 2 heterocycles. The predicted molar refractivity (Wildman–Crippen MR) is 71.0 cm³/mol. The maximum Gasteiger partial charge on any atom is 0.229 e. The molecule has 92 valence electrons. The van der Waals surface area contributed by atoms with Gasteiger partial charge in [0.15, 0.2) is 0 Å². The highest BCUT2D eigenvalue weighted by Gasteiger charge is 2.15.